The Labute approximate surface area is 74.7 Å². The predicted molar refractivity (Wildman–Crippen MR) is 46.9 cm³/mol. The summed E-state index contributed by atoms with van der Waals surface area (Å²) in [4.78, 5) is 3.88. The van der Waals surface area contributed by atoms with Gasteiger partial charge in [-0.25, -0.2) is 0 Å². The lowest BCUT2D eigenvalue weighted by atomic mass is 10.4. The molecule has 0 saturated carbocycles. The zero-order valence-electron chi connectivity index (χ0n) is 6.75. The van der Waals surface area contributed by atoms with Crippen LogP contribution in [-0.2, 0) is 0 Å². The Morgan fingerprint density at radius 2 is 1.77 bits per heavy atom. The highest BCUT2D eigenvalue weighted by molar-refractivity contribution is 5.40. The summed E-state index contributed by atoms with van der Waals surface area (Å²) in [5.74, 6) is -0.0176. The van der Waals surface area contributed by atoms with Gasteiger partial charge in [-0.15, -0.1) is 0 Å². The van der Waals surface area contributed by atoms with Crippen molar-refractivity contribution in [3.8, 4) is 17.4 Å². The van der Waals surface area contributed by atoms with E-state index in [1.165, 1.54) is 16.7 Å². The smallest absolute Gasteiger partial charge is 0.198 e. The van der Waals surface area contributed by atoms with E-state index in [0.29, 0.717) is 5.69 Å². The van der Waals surface area contributed by atoms with Crippen LogP contribution in [0.2, 0.25) is 0 Å². The van der Waals surface area contributed by atoms with Gasteiger partial charge >= 0.3 is 0 Å². The van der Waals surface area contributed by atoms with Gasteiger partial charge < -0.3 is 10.2 Å². The number of aromatic hydroxyl groups is 2. The molecule has 0 radical (unpaired) electrons. The lowest BCUT2D eigenvalue weighted by Gasteiger charge is -2.04. The van der Waals surface area contributed by atoms with Gasteiger partial charge in [0.2, 0.25) is 0 Å². The molecule has 2 aromatic heterocycles. The van der Waals surface area contributed by atoms with E-state index >= 15 is 0 Å². The van der Waals surface area contributed by atoms with Gasteiger partial charge in [-0.1, -0.05) is 0 Å². The molecule has 2 aromatic rings. The quantitative estimate of drug-likeness (QED) is 0.688. The molecular weight excluding hydrogens is 168 g/mol. The summed E-state index contributed by atoms with van der Waals surface area (Å²) >= 11 is 0. The Morgan fingerprint density at radius 3 is 2.31 bits per heavy atom. The van der Waals surface area contributed by atoms with Crippen LogP contribution in [0.25, 0.3) is 5.69 Å². The van der Waals surface area contributed by atoms with E-state index in [1.807, 2.05) is 0 Å². The monoisotopic (exact) mass is 176 g/mol. The van der Waals surface area contributed by atoms with E-state index in [9.17, 15) is 10.2 Å². The minimum absolute atomic E-state index is 0.00880. The third-order valence-corrected chi connectivity index (χ3v) is 1.74. The number of hydrogen-bond donors (Lipinski definition) is 2. The van der Waals surface area contributed by atoms with Crippen LogP contribution in [0, 0.1) is 0 Å². The number of hydrogen-bond acceptors (Lipinski definition) is 3. The first-order valence-corrected chi connectivity index (χ1v) is 3.79. The average molecular weight is 176 g/mol. The average Bonchev–Trinajstić information content (AvgIpc) is 2.48. The molecule has 2 heterocycles. The van der Waals surface area contributed by atoms with Crippen LogP contribution in [-0.4, -0.2) is 19.8 Å². The largest absolute Gasteiger partial charge is 0.494 e. The normalized spacial score (nSPS) is 10.2. The van der Waals surface area contributed by atoms with Crippen LogP contribution in [0.15, 0.2) is 36.7 Å². The molecule has 0 spiro atoms. The second-order valence-electron chi connectivity index (χ2n) is 2.60. The fourth-order valence-electron chi connectivity index (χ4n) is 1.17. The van der Waals surface area contributed by atoms with Crippen molar-refractivity contribution in [2.45, 2.75) is 0 Å². The standard InChI is InChI=1S/C9H8N2O2/c12-8-3-4-9(13)11(8)7-2-1-5-10-6-7/h1-6,12-13H. The van der Waals surface area contributed by atoms with Crippen LogP contribution in [0.3, 0.4) is 0 Å². The van der Waals surface area contributed by atoms with Gasteiger partial charge in [0.05, 0.1) is 11.9 Å². The molecule has 0 unspecified atom stereocenters. The van der Waals surface area contributed by atoms with Crippen LogP contribution < -0.4 is 0 Å². The molecule has 0 aliphatic heterocycles. The summed E-state index contributed by atoms with van der Waals surface area (Å²) in [5, 5.41) is 18.7. The van der Waals surface area contributed by atoms with E-state index < -0.39 is 0 Å². The zero-order chi connectivity index (χ0) is 9.26. The first-order chi connectivity index (χ1) is 6.29. The molecule has 4 heteroatoms. The summed E-state index contributed by atoms with van der Waals surface area (Å²) in [7, 11) is 0. The van der Waals surface area contributed by atoms with Crippen LogP contribution in [0.1, 0.15) is 0 Å². The zero-order valence-corrected chi connectivity index (χ0v) is 6.75. The summed E-state index contributed by atoms with van der Waals surface area (Å²) in [6, 6.07) is 6.31. The maximum absolute atomic E-state index is 9.36. The van der Waals surface area contributed by atoms with Crippen LogP contribution in [0.4, 0.5) is 0 Å². The van der Waals surface area contributed by atoms with Crippen LogP contribution >= 0.6 is 0 Å². The molecule has 2 rings (SSSR count). The topological polar surface area (TPSA) is 58.3 Å². The van der Waals surface area contributed by atoms with Gasteiger partial charge in [0.1, 0.15) is 0 Å². The highest BCUT2D eigenvalue weighted by Crippen LogP contribution is 2.25. The molecule has 0 saturated heterocycles. The molecule has 0 atom stereocenters. The summed E-state index contributed by atoms with van der Waals surface area (Å²) in [6.45, 7) is 0. The van der Waals surface area contributed by atoms with Gasteiger partial charge in [-0.05, 0) is 12.1 Å². The molecular formula is C9H8N2O2. The minimum atomic E-state index is -0.00880. The number of pyridine rings is 1. The summed E-state index contributed by atoms with van der Waals surface area (Å²) < 4.78 is 1.30. The Bertz CT molecular complexity index is 389. The fraction of sp³-hybridized carbons (Fsp3) is 0. The molecule has 0 aliphatic rings. The van der Waals surface area contributed by atoms with E-state index in [2.05, 4.69) is 4.98 Å². The Balaban J connectivity index is 2.59. The summed E-state index contributed by atoms with van der Waals surface area (Å²) in [5.41, 5.74) is 0.627. The van der Waals surface area contributed by atoms with Gasteiger partial charge in [0, 0.05) is 18.3 Å². The van der Waals surface area contributed by atoms with Crippen molar-refractivity contribution in [2.24, 2.45) is 0 Å². The van der Waals surface area contributed by atoms with E-state index in [-0.39, 0.29) is 11.8 Å². The van der Waals surface area contributed by atoms with Crippen molar-refractivity contribution in [1.82, 2.24) is 9.55 Å². The molecule has 0 aromatic carbocycles. The highest BCUT2D eigenvalue weighted by Gasteiger charge is 2.06. The number of nitrogens with zero attached hydrogens (tertiary/aromatic N) is 2. The predicted octanol–water partition coefficient (Wildman–Crippen LogP) is 1.28. The first kappa shape index (κ1) is 7.67. The fourth-order valence-corrected chi connectivity index (χ4v) is 1.17. The van der Waals surface area contributed by atoms with E-state index in [1.54, 1.807) is 24.5 Å². The third kappa shape index (κ3) is 1.22. The SMILES string of the molecule is Oc1ccc(O)n1-c1cccnc1. The third-order valence-electron chi connectivity index (χ3n) is 1.74. The number of aromatic nitrogens is 2. The lowest BCUT2D eigenvalue weighted by molar-refractivity contribution is 0.402. The van der Waals surface area contributed by atoms with E-state index in [0.717, 1.165) is 0 Å². The van der Waals surface area contributed by atoms with Crippen molar-refractivity contribution in [3.63, 3.8) is 0 Å². The van der Waals surface area contributed by atoms with Gasteiger partial charge in [-0.2, -0.15) is 0 Å². The number of rotatable bonds is 1. The molecule has 0 bridgehead atoms. The highest BCUT2D eigenvalue weighted by atomic mass is 16.3. The molecule has 13 heavy (non-hydrogen) atoms. The van der Waals surface area contributed by atoms with Gasteiger partial charge in [0.15, 0.2) is 11.8 Å². The minimum Gasteiger partial charge on any atom is -0.494 e. The Hall–Kier alpha value is -1.97. The van der Waals surface area contributed by atoms with Gasteiger partial charge in [-0.3, -0.25) is 9.55 Å². The van der Waals surface area contributed by atoms with Crippen molar-refractivity contribution in [1.29, 1.82) is 0 Å². The first-order valence-electron chi connectivity index (χ1n) is 3.79. The second-order valence-corrected chi connectivity index (χ2v) is 2.60. The molecule has 66 valence electrons. The maximum atomic E-state index is 9.36. The molecule has 0 aliphatic carbocycles. The van der Waals surface area contributed by atoms with E-state index in [4.69, 9.17) is 0 Å². The van der Waals surface area contributed by atoms with Crippen molar-refractivity contribution in [2.75, 3.05) is 0 Å². The molecule has 2 N–H and O–H groups in total. The summed E-state index contributed by atoms with van der Waals surface area (Å²) in [6.07, 6.45) is 3.18. The second kappa shape index (κ2) is 2.82. The molecule has 4 nitrogen and oxygen atoms in total. The Morgan fingerprint density at radius 1 is 1.08 bits per heavy atom. The molecule has 0 fully saturated rings. The lowest BCUT2D eigenvalue weighted by Crippen LogP contribution is -1.92. The van der Waals surface area contributed by atoms with Crippen LogP contribution in [0.5, 0.6) is 11.8 Å². The van der Waals surface area contributed by atoms with Crippen molar-refractivity contribution < 1.29 is 10.2 Å². The molecule has 0 amide bonds. The Kier molecular flexibility index (Phi) is 1.66. The van der Waals surface area contributed by atoms with Gasteiger partial charge in [0.25, 0.3) is 0 Å². The van der Waals surface area contributed by atoms with Crippen molar-refractivity contribution >= 4 is 0 Å². The maximum Gasteiger partial charge on any atom is 0.198 e. The van der Waals surface area contributed by atoms with Crippen molar-refractivity contribution in [3.05, 3.63) is 36.7 Å².